The fraction of sp³-hybridized carbons (Fsp3) is 0.176. The van der Waals surface area contributed by atoms with E-state index in [-0.39, 0.29) is 0 Å². The monoisotopic (exact) mass is 269 g/mol. The lowest BCUT2D eigenvalue weighted by atomic mass is 9.93. The van der Waals surface area contributed by atoms with Gasteiger partial charge >= 0.3 is 0 Å². The van der Waals surface area contributed by atoms with Gasteiger partial charge in [0.25, 0.3) is 0 Å². The Bertz CT molecular complexity index is 710. The van der Waals surface area contributed by atoms with E-state index in [0.29, 0.717) is 5.92 Å². The summed E-state index contributed by atoms with van der Waals surface area (Å²) in [6.45, 7) is 2.24. The summed E-state index contributed by atoms with van der Waals surface area (Å²) in [4.78, 5) is 0. The van der Waals surface area contributed by atoms with Crippen molar-refractivity contribution in [2.24, 2.45) is 7.05 Å². The van der Waals surface area contributed by atoms with Crippen LogP contribution < -0.4 is 0 Å². The second-order valence-corrected chi connectivity index (χ2v) is 5.42. The van der Waals surface area contributed by atoms with E-state index in [4.69, 9.17) is 11.6 Å². The Labute approximate surface area is 118 Å². The highest BCUT2D eigenvalue weighted by molar-refractivity contribution is 6.30. The largest absolute Gasteiger partial charge is 0.350 e. The topological polar surface area (TPSA) is 4.93 Å². The third-order valence-electron chi connectivity index (χ3n) is 3.76. The molecule has 0 fully saturated rings. The molecule has 3 aromatic rings. The molecule has 19 heavy (non-hydrogen) atoms. The molecule has 0 saturated heterocycles. The molecule has 2 aromatic carbocycles. The van der Waals surface area contributed by atoms with Crippen molar-refractivity contribution in [2.45, 2.75) is 12.8 Å². The summed E-state index contributed by atoms with van der Waals surface area (Å²) in [5, 5.41) is 2.11. The zero-order valence-electron chi connectivity index (χ0n) is 11.1. The molecule has 96 valence electrons. The number of nitrogens with zero attached hydrogens (tertiary/aromatic N) is 1. The molecular formula is C17H16ClN. The minimum absolute atomic E-state index is 0.364. The number of aryl methyl sites for hydroxylation is 1. The highest BCUT2D eigenvalue weighted by atomic mass is 35.5. The Morgan fingerprint density at radius 3 is 2.42 bits per heavy atom. The molecule has 0 saturated carbocycles. The van der Waals surface area contributed by atoms with Crippen LogP contribution in [0.15, 0.2) is 54.7 Å². The zero-order chi connectivity index (χ0) is 13.4. The van der Waals surface area contributed by atoms with Gasteiger partial charge in [0.2, 0.25) is 0 Å². The van der Waals surface area contributed by atoms with Crippen LogP contribution in [-0.2, 0) is 7.05 Å². The third kappa shape index (κ3) is 2.15. The molecule has 1 heterocycles. The van der Waals surface area contributed by atoms with Crippen molar-refractivity contribution in [1.29, 1.82) is 0 Å². The molecule has 3 rings (SSSR count). The van der Waals surface area contributed by atoms with Crippen molar-refractivity contribution < 1.29 is 0 Å². The molecule has 0 N–H and O–H groups in total. The average molecular weight is 270 g/mol. The second kappa shape index (κ2) is 4.75. The first-order valence-electron chi connectivity index (χ1n) is 6.46. The van der Waals surface area contributed by atoms with Crippen molar-refractivity contribution in [2.75, 3.05) is 0 Å². The number of rotatable bonds is 2. The molecule has 0 bridgehead atoms. The summed E-state index contributed by atoms with van der Waals surface area (Å²) >= 11 is 5.96. The fourth-order valence-corrected chi connectivity index (χ4v) is 2.78. The van der Waals surface area contributed by atoms with E-state index in [9.17, 15) is 0 Å². The van der Waals surface area contributed by atoms with Gasteiger partial charge < -0.3 is 4.57 Å². The number of aromatic nitrogens is 1. The average Bonchev–Trinajstić information content (AvgIpc) is 2.77. The molecular weight excluding hydrogens is 254 g/mol. The second-order valence-electron chi connectivity index (χ2n) is 4.99. The lowest BCUT2D eigenvalue weighted by Crippen LogP contribution is -1.94. The van der Waals surface area contributed by atoms with Gasteiger partial charge in [-0.2, -0.15) is 0 Å². The Balaban J connectivity index is 2.11. The lowest BCUT2D eigenvalue weighted by Gasteiger charge is -2.11. The third-order valence-corrected chi connectivity index (χ3v) is 4.02. The minimum Gasteiger partial charge on any atom is -0.350 e. The van der Waals surface area contributed by atoms with Crippen molar-refractivity contribution in [3.05, 3.63) is 70.9 Å². The Kier molecular flexibility index (Phi) is 3.08. The fourth-order valence-electron chi connectivity index (χ4n) is 2.65. The van der Waals surface area contributed by atoms with Gasteiger partial charge in [0.15, 0.2) is 0 Å². The van der Waals surface area contributed by atoms with Crippen LogP contribution in [0.25, 0.3) is 10.9 Å². The molecule has 0 amide bonds. The summed E-state index contributed by atoms with van der Waals surface area (Å²) in [5.41, 5.74) is 3.93. The van der Waals surface area contributed by atoms with E-state index in [0.717, 1.165) is 5.02 Å². The van der Waals surface area contributed by atoms with Gasteiger partial charge in [-0.15, -0.1) is 0 Å². The van der Waals surface area contributed by atoms with E-state index in [1.165, 1.54) is 22.0 Å². The van der Waals surface area contributed by atoms with Gasteiger partial charge in [0.05, 0.1) is 0 Å². The number of hydrogen-bond donors (Lipinski definition) is 0. The highest BCUT2D eigenvalue weighted by Gasteiger charge is 2.14. The normalized spacial score (nSPS) is 12.8. The maximum atomic E-state index is 5.96. The highest BCUT2D eigenvalue weighted by Crippen LogP contribution is 2.31. The Hall–Kier alpha value is -1.73. The van der Waals surface area contributed by atoms with Gasteiger partial charge in [-0.25, -0.2) is 0 Å². The molecule has 0 spiro atoms. The molecule has 0 aliphatic heterocycles. The van der Waals surface area contributed by atoms with Crippen molar-refractivity contribution >= 4 is 22.5 Å². The van der Waals surface area contributed by atoms with Crippen LogP contribution >= 0.6 is 11.6 Å². The molecule has 0 aliphatic carbocycles. The standard InChI is InChI=1S/C17H16ClN/c1-12(13-7-9-14(18)10-8-13)16-11-19(2)17-6-4-3-5-15(16)17/h3-12H,1-2H3. The van der Waals surface area contributed by atoms with Crippen LogP contribution in [-0.4, -0.2) is 4.57 Å². The number of fused-ring (bicyclic) bond motifs is 1. The van der Waals surface area contributed by atoms with E-state index >= 15 is 0 Å². The van der Waals surface area contributed by atoms with Crippen LogP contribution in [0, 0.1) is 0 Å². The molecule has 0 radical (unpaired) electrons. The summed E-state index contributed by atoms with van der Waals surface area (Å²) in [6.07, 6.45) is 2.23. The molecule has 1 unspecified atom stereocenters. The maximum absolute atomic E-state index is 5.96. The summed E-state index contributed by atoms with van der Waals surface area (Å²) in [6, 6.07) is 16.7. The first kappa shape index (κ1) is 12.3. The predicted molar refractivity (Wildman–Crippen MR) is 81.9 cm³/mol. The van der Waals surface area contributed by atoms with Gasteiger partial charge in [0.1, 0.15) is 0 Å². The maximum Gasteiger partial charge on any atom is 0.0480 e. The van der Waals surface area contributed by atoms with Crippen LogP contribution in [0.1, 0.15) is 24.0 Å². The first-order chi connectivity index (χ1) is 9.16. The predicted octanol–water partition coefficient (Wildman–Crippen LogP) is 4.98. The van der Waals surface area contributed by atoms with Crippen molar-refractivity contribution in [3.63, 3.8) is 0 Å². The van der Waals surface area contributed by atoms with Crippen molar-refractivity contribution in [3.8, 4) is 0 Å². The first-order valence-corrected chi connectivity index (χ1v) is 6.84. The van der Waals surface area contributed by atoms with Gasteiger partial charge in [-0.1, -0.05) is 48.9 Å². The number of hydrogen-bond acceptors (Lipinski definition) is 0. The molecule has 0 aliphatic rings. The number of para-hydroxylation sites is 1. The smallest absolute Gasteiger partial charge is 0.0480 e. The lowest BCUT2D eigenvalue weighted by molar-refractivity contribution is 0.899. The quantitative estimate of drug-likeness (QED) is 0.618. The Morgan fingerprint density at radius 1 is 1.00 bits per heavy atom. The van der Waals surface area contributed by atoms with Crippen LogP contribution in [0.5, 0.6) is 0 Å². The molecule has 2 heteroatoms. The van der Waals surface area contributed by atoms with Crippen LogP contribution in [0.4, 0.5) is 0 Å². The van der Waals surface area contributed by atoms with E-state index in [1.54, 1.807) is 0 Å². The van der Waals surface area contributed by atoms with E-state index in [1.807, 2.05) is 12.1 Å². The van der Waals surface area contributed by atoms with Gasteiger partial charge in [-0.3, -0.25) is 0 Å². The van der Waals surface area contributed by atoms with E-state index in [2.05, 4.69) is 61.1 Å². The zero-order valence-corrected chi connectivity index (χ0v) is 11.9. The molecule has 1 nitrogen and oxygen atoms in total. The molecule has 1 atom stereocenters. The summed E-state index contributed by atoms with van der Waals surface area (Å²) in [7, 11) is 2.10. The van der Waals surface area contributed by atoms with Gasteiger partial charge in [-0.05, 0) is 29.3 Å². The SMILES string of the molecule is CC(c1ccc(Cl)cc1)c1cn(C)c2ccccc12. The number of benzene rings is 2. The van der Waals surface area contributed by atoms with E-state index < -0.39 is 0 Å². The van der Waals surface area contributed by atoms with Gasteiger partial charge in [0, 0.05) is 35.1 Å². The van der Waals surface area contributed by atoms with Crippen LogP contribution in [0.2, 0.25) is 5.02 Å². The summed E-state index contributed by atoms with van der Waals surface area (Å²) < 4.78 is 2.19. The molecule has 1 aromatic heterocycles. The van der Waals surface area contributed by atoms with Crippen molar-refractivity contribution in [1.82, 2.24) is 4.57 Å². The van der Waals surface area contributed by atoms with Crippen LogP contribution in [0.3, 0.4) is 0 Å². The minimum atomic E-state index is 0.364. The summed E-state index contributed by atoms with van der Waals surface area (Å²) in [5.74, 6) is 0.364. The Morgan fingerprint density at radius 2 is 1.68 bits per heavy atom. The number of halogens is 1.